The third-order valence-electron chi connectivity index (χ3n) is 12.0. The van der Waals surface area contributed by atoms with Crippen LogP contribution >= 0.6 is 11.3 Å². The van der Waals surface area contributed by atoms with E-state index < -0.39 is 0 Å². The monoisotopic (exact) mass is 759 g/mol. The van der Waals surface area contributed by atoms with Crippen LogP contribution in [0.25, 0.3) is 98.2 Å². The Morgan fingerprint density at radius 2 is 1.12 bits per heavy atom. The smallest absolute Gasteiger partial charge is 0.0976 e. The van der Waals surface area contributed by atoms with Crippen LogP contribution in [0.4, 0.5) is 0 Å². The summed E-state index contributed by atoms with van der Waals surface area (Å²) >= 11 is 1.85. The Labute approximate surface area is 342 Å². The van der Waals surface area contributed by atoms with Crippen molar-refractivity contribution in [2.75, 3.05) is 0 Å². The Morgan fingerprint density at radius 1 is 0.466 bits per heavy atom. The van der Waals surface area contributed by atoms with Gasteiger partial charge in [0.05, 0.1) is 11.9 Å². The van der Waals surface area contributed by atoms with E-state index in [2.05, 4.69) is 188 Å². The van der Waals surface area contributed by atoms with Crippen molar-refractivity contribution in [2.24, 2.45) is 0 Å². The first-order chi connectivity index (χ1) is 28.6. The second-order valence-electron chi connectivity index (χ2n) is 15.2. The predicted molar refractivity (Wildman–Crippen MR) is 243 cm³/mol. The van der Waals surface area contributed by atoms with Crippen molar-refractivity contribution < 1.29 is 0 Å². The van der Waals surface area contributed by atoms with Gasteiger partial charge < -0.3 is 0 Å². The Balaban J connectivity index is 1.39. The Kier molecular flexibility index (Phi) is 8.19. The van der Waals surface area contributed by atoms with Crippen LogP contribution in [0.5, 0.6) is 0 Å². The minimum atomic E-state index is 0.790. The fourth-order valence-corrected chi connectivity index (χ4v) is 10.5. The summed E-state index contributed by atoms with van der Waals surface area (Å²) in [5.74, 6) is 0. The number of fused-ring (bicyclic) bond motifs is 6. The topological polar surface area (TPSA) is 38.7 Å². The van der Waals surface area contributed by atoms with Crippen molar-refractivity contribution in [3.8, 4) is 78.0 Å². The first-order valence-corrected chi connectivity index (χ1v) is 20.6. The van der Waals surface area contributed by atoms with Crippen LogP contribution in [0.1, 0.15) is 22.3 Å². The average Bonchev–Trinajstić information content (AvgIpc) is 3.85. The number of aryl methyl sites for hydroxylation is 1. The molecule has 0 unspecified atom stereocenters. The van der Waals surface area contributed by atoms with Crippen LogP contribution in [-0.2, 0) is 6.42 Å². The molecule has 1 aliphatic carbocycles. The van der Waals surface area contributed by atoms with Crippen molar-refractivity contribution in [2.45, 2.75) is 20.3 Å². The number of hydrogen-bond acceptors (Lipinski definition) is 4. The normalized spacial score (nSPS) is 11.9. The second kappa shape index (κ2) is 13.9. The van der Waals surface area contributed by atoms with Crippen LogP contribution < -0.4 is 0 Å². The van der Waals surface area contributed by atoms with E-state index in [0.29, 0.717) is 0 Å². The molecule has 0 N–H and O–H groups in total. The molecule has 0 fully saturated rings. The van der Waals surface area contributed by atoms with Crippen molar-refractivity contribution >= 4 is 31.5 Å². The largest absolute Gasteiger partial charge is 0.139 e. The highest BCUT2D eigenvalue weighted by Gasteiger charge is 2.32. The van der Waals surface area contributed by atoms with E-state index in [1.807, 2.05) is 17.4 Å². The number of rotatable bonds is 6. The van der Waals surface area contributed by atoms with Crippen molar-refractivity contribution in [3.05, 3.63) is 198 Å². The van der Waals surface area contributed by atoms with Crippen LogP contribution in [0.15, 0.2) is 176 Å². The summed E-state index contributed by atoms with van der Waals surface area (Å²) < 4.78 is 2.53. The molecular formula is C54H37N3S. The van der Waals surface area contributed by atoms with E-state index in [0.717, 1.165) is 45.5 Å². The van der Waals surface area contributed by atoms with E-state index >= 15 is 0 Å². The van der Waals surface area contributed by atoms with Gasteiger partial charge in [-0.25, -0.2) is 0 Å². The fourth-order valence-electron chi connectivity index (χ4n) is 9.34. The Bertz CT molecular complexity index is 3200. The first-order valence-electron chi connectivity index (χ1n) is 19.8. The molecule has 0 atom stereocenters. The Hall–Kier alpha value is -7.01. The standard InChI is InChI=1S/C54H37N3S/c1-33-30-44-39-22-10-9-20-37(39)31-45(44)50(34(33)2)53-43(36-18-7-4-8-19-36)32-46(40-23-12-11-21-38(40)35-16-5-3-6-17-35)52(54(53)47-28-29-55-57-56-47)42-25-15-27-49-51(42)41-24-13-14-26-48(41)58-49/h3-30,32H,31H2,1-2H3. The quantitative estimate of drug-likeness (QED) is 0.169. The highest BCUT2D eigenvalue weighted by atomic mass is 32.1. The molecule has 274 valence electrons. The zero-order valence-corrected chi connectivity index (χ0v) is 33.0. The molecule has 2 heterocycles. The fraction of sp³-hybridized carbons (Fsp3) is 0.0556. The van der Waals surface area contributed by atoms with Gasteiger partial charge in [-0.05, 0) is 128 Å². The minimum absolute atomic E-state index is 0.790. The lowest BCUT2D eigenvalue weighted by Crippen LogP contribution is -2.04. The van der Waals surface area contributed by atoms with E-state index in [1.165, 1.54) is 81.4 Å². The molecule has 11 rings (SSSR count). The summed E-state index contributed by atoms with van der Waals surface area (Å²) in [5.41, 5.74) is 21.4. The van der Waals surface area contributed by atoms with Crippen molar-refractivity contribution in [1.29, 1.82) is 0 Å². The lowest BCUT2D eigenvalue weighted by Gasteiger charge is -2.27. The van der Waals surface area contributed by atoms with Crippen LogP contribution in [0, 0.1) is 13.8 Å². The summed E-state index contributed by atoms with van der Waals surface area (Å²) in [6, 6.07) is 62.0. The van der Waals surface area contributed by atoms with E-state index in [-0.39, 0.29) is 0 Å². The average molecular weight is 760 g/mol. The molecule has 0 saturated heterocycles. The molecule has 0 aliphatic heterocycles. The molecule has 3 nitrogen and oxygen atoms in total. The maximum atomic E-state index is 4.93. The van der Waals surface area contributed by atoms with E-state index in [4.69, 9.17) is 5.10 Å². The van der Waals surface area contributed by atoms with Crippen LogP contribution in [-0.4, -0.2) is 15.4 Å². The highest BCUT2D eigenvalue weighted by molar-refractivity contribution is 7.25. The van der Waals surface area contributed by atoms with Gasteiger partial charge in [-0.2, -0.15) is 0 Å². The number of thiophene rings is 1. The third-order valence-corrected chi connectivity index (χ3v) is 13.2. The molecule has 0 spiro atoms. The molecule has 58 heavy (non-hydrogen) atoms. The number of benzene rings is 8. The summed E-state index contributed by atoms with van der Waals surface area (Å²) in [7, 11) is 0. The van der Waals surface area contributed by atoms with Gasteiger partial charge in [-0.15, -0.1) is 21.5 Å². The van der Waals surface area contributed by atoms with Crippen molar-refractivity contribution in [1.82, 2.24) is 15.4 Å². The molecule has 10 aromatic rings. The van der Waals surface area contributed by atoms with Gasteiger partial charge in [-0.1, -0.05) is 146 Å². The molecule has 0 amide bonds. The van der Waals surface area contributed by atoms with Crippen molar-refractivity contribution in [3.63, 3.8) is 0 Å². The third kappa shape index (κ3) is 5.44. The molecule has 2 aromatic heterocycles. The van der Waals surface area contributed by atoms with E-state index in [1.54, 1.807) is 6.20 Å². The lowest BCUT2D eigenvalue weighted by molar-refractivity contribution is 0.871. The van der Waals surface area contributed by atoms with Gasteiger partial charge in [-0.3, -0.25) is 0 Å². The summed E-state index contributed by atoms with van der Waals surface area (Å²) in [6.45, 7) is 4.56. The summed E-state index contributed by atoms with van der Waals surface area (Å²) in [5, 5.41) is 16.0. The van der Waals surface area contributed by atoms with Gasteiger partial charge in [0.2, 0.25) is 0 Å². The first kappa shape index (κ1) is 34.3. The molecule has 0 saturated carbocycles. The molecule has 8 aromatic carbocycles. The zero-order chi connectivity index (χ0) is 38.7. The van der Waals surface area contributed by atoms with Crippen LogP contribution in [0.2, 0.25) is 0 Å². The predicted octanol–water partition coefficient (Wildman–Crippen LogP) is 14.4. The zero-order valence-electron chi connectivity index (χ0n) is 32.2. The second-order valence-corrected chi connectivity index (χ2v) is 16.3. The number of aromatic nitrogens is 3. The Morgan fingerprint density at radius 3 is 1.90 bits per heavy atom. The molecule has 4 heteroatoms. The number of nitrogens with zero attached hydrogens (tertiary/aromatic N) is 3. The molecular weight excluding hydrogens is 723 g/mol. The molecule has 0 bridgehead atoms. The summed E-state index contributed by atoms with van der Waals surface area (Å²) in [4.78, 5) is 0. The van der Waals surface area contributed by atoms with Gasteiger partial charge in [0.25, 0.3) is 0 Å². The maximum absolute atomic E-state index is 4.93. The van der Waals surface area contributed by atoms with Crippen LogP contribution in [0.3, 0.4) is 0 Å². The molecule has 0 radical (unpaired) electrons. The highest BCUT2D eigenvalue weighted by Crippen LogP contribution is 2.56. The SMILES string of the molecule is Cc1cc2c(c(-c3c(-c4ccccc4)cc(-c4ccccc4-c4ccccc4)c(-c4cccc5sc6ccccc6c45)c3-c3ccnnn3)c1C)Cc1ccccc1-2. The molecule has 1 aliphatic rings. The maximum Gasteiger partial charge on any atom is 0.0976 e. The van der Waals surface area contributed by atoms with E-state index in [9.17, 15) is 0 Å². The van der Waals surface area contributed by atoms with Gasteiger partial charge in [0, 0.05) is 36.9 Å². The van der Waals surface area contributed by atoms with Gasteiger partial charge in [0.1, 0.15) is 0 Å². The number of hydrogen-bond donors (Lipinski definition) is 0. The van der Waals surface area contributed by atoms with Gasteiger partial charge >= 0.3 is 0 Å². The minimum Gasteiger partial charge on any atom is -0.139 e. The lowest BCUT2D eigenvalue weighted by atomic mass is 9.76. The van der Waals surface area contributed by atoms with Gasteiger partial charge in [0.15, 0.2) is 0 Å². The summed E-state index contributed by atoms with van der Waals surface area (Å²) in [6.07, 6.45) is 2.64.